The number of carbonyl (C=O) groups is 2. The first-order valence-electron chi connectivity index (χ1n) is 7.54. The topological polar surface area (TPSA) is 71.5 Å². The molecule has 6 nitrogen and oxygen atoms in total. The third-order valence-corrected chi connectivity index (χ3v) is 3.33. The summed E-state index contributed by atoms with van der Waals surface area (Å²) in [5.74, 6) is -0.163. The van der Waals surface area contributed by atoms with Crippen molar-refractivity contribution in [3.8, 4) is 0 Å². The Kier molecular flexibility index (Phi) is 5.00. The van der Waals surface area contributed by atoms with Crippen LogP contribution in [-0.2, 0) is 4.74 Å². The van der Waals surface area contributed by atoms with Crippen molar-refractivity contribution in [3.05, 3.63) is 30.1 Å². The second-order valence-electron chi connectivity index (χ2n) is 6.48. The SMILES string of the molecule is CC(C)(C)OC(=O)N1CCC[C@@H](NC(=O)c2cccnc2)C1. The van der Waals surface area contributed by atoms with Crippen LogP contribution in [0.25, 0.3) is 0 Å². The van der Waals surface area contributed by atoms with E-state index in [-0.39, 0.29) is 18.0 Å². The van der Waals surface area contributed by atoms with Gasteiger partial charge in [-0.3, -0.25) is 9.78 Å². The molecule has 120 valence electrons. The molecule has 2 rings (SSSR count). The van der Waals surface area contributed by atoms with Gasteiger partial charge in [-0.05, 0) is 45.7 Å². The molecular formula is C16H23N3O3. The summed E-state index contributed by atoms with van der Waals surface area (Å²) < 4.78 is 5.38. The van der Waals surface area contributed by atoms with Crippen LogP contribution in [0.2, 0.25) is 0 Å². The van der Waals surface area contributed by atoms with Crippen LogP contribution < -0.4 is 5.32 Å². The molecule has 1 aliphatic rings. The highest BCUT2D eigenvalue weighted by atomic mass is 16.6. The lowest BCUT2D eigenvalue weighted by Gasteiger charge is -2.34. The van der Waals surface area contributed by atoms with Crippen molar-refractivity contribution in [2.75, 3.05) is 13.1 Å². The summed E-state index contributed by atoms with van der Waals surface area (Å²) in [5.41, 5.74) is 0.0140. The number of nitrogens with zero attached hydrogens (tertiary/aromatic N) is 2. The van der Waals surface area contributed by atoms with Gasteiger partial charge in [0.2, 0.25) is 0 Å². The van der Waals surface area contributed by atoms with Crippen LogP contribution >= 0.6 is 0 Å². The Labute approximate surface area is 130 Å². The van der Waals surface area contributed by atoms with Crippen molar-refractivity contribution >= 4 is 12.0 Å². The van der Waals surface area contributed by atoms with Crippen molar-refractivity contribution < 1.29 is 14.3 Å². The number of rotatable bonds is 2. The van der Waals surface area contributed by atoms with E-state index < -0.39 is 5.60 Å². The van der Waals surface area contributed by atoms with Gasteiger partial charge < -0.3 is 15.0 Å². The number of ether oxygens (including phenoxy) is 1. The van der Waals surface area contributed by atoms with Gasteiger partial charge in [0, 0.05) is 31.5 Å². The molecule has 1 N–H and O–H groups in total. The fourth-order valence-electron chi connectivity index (χ4n) is 2.35. The highest BCUT2D eigenvalue weighted by Crippen LogP contribution is 2.15. The monoisotopic (exact) mass is 305 g/mol. The molecule has 2 heterocycles. The van der Waals surface area contributed by atoms with Gasteiger partial charge in [0.05, 0.1) is 5.56 Å². The average molecular weight is 305 g/mol. The quantitative estimate of drug-likeness (QED) is 0.909. The van der Waals surface area contributed by atoms with Crippen LogP contribution in [0.15, 0.2) is 24.5 Å². The largest absolute Gasteiger partial charge is 0.444 e. The van der Waals surface area contributed by atoms with E-state index in [0.29, 0.717) is 18.7 Å². The molecule has 1 saturated heterocycles. The summed E-state index contributed by atoms with van der Waals surface area (Å²) in [7, 11) is 0. The van der Waals surface area contributed by atoms with Crippen LogP contribution in [0, 0.1) is 0 Å². The number of likely N-dealkylation sites (tertiary alicyclic amines) is 1. The van der Waals surface area contributed by atoms with Gasteiger partial charge >= 0.3 is 6.09 Å². The number of carbonyl (C=O) groups excluding carboxylic acids is 2. The summed E-state index contributed by atoms with van der Waals surface area (Å²) in [6.45, 7) is 6.67. The molecular weight excluding hydrogens is 282 g/mol. The molecule has 0 aromatic carbocycles. The molecule has 0 bridgehead atoms. The Hall–Kier alpha value is -2.11. The molecule has 1 aromatic heterocycles. The Balaban J connectivity index is 1.91. The van der Waals surface area contributed by atoms with Gasteiger partial charge in [-0.1, -0.05) is 0 Å². The number of amides is 2. The molecule has 1 atom stereocenters. The molecule has 0 radical (unpaired) electrons. The van der Waals surface area contributed by atoms with E-state index in [9.17, 15) is 9.59 Å². The summed E-state index contributed by atoms with van der Waals surface area (Å²) in [4.78, 5) is 29.8. The fourth-order valence-corrected chi connectivity index (χ4v) is 2.35. The number of hydrogen-bond acceptors (Lipinski definition) is 4. The van der Waals surface area contributed by atoms with Crippen LogP contribution in [0.1, 0.15) is 44.0 Å². The van der Waals surface area contributed by atoms with Gasteiger partial charge in [0.1, 0.15) is 5.60 Å². The smallest absolute Gasteiger partial charge is 0.410 e. The zero-order valence-electron chi connectivity index (χ0n) is 13.3. The van der Waals surface area contributed by atoms with E-state index in [1.807, 2.05) is 20.8 Å². The van der Waals surface area contributed by atoms with E-state index in [0.717, 1.165) is 12.8 Å². The third-order valence-electron chi connectivity index (χ3n) is 3.33. The van der Waals surface area contributed by atoms with E-state index in [4.69, 9.17) is 4.74 Å². The number of nitrogens with one attached hydrogen (secondary N) is 1. The molecule has 1 aliphatic heterocycles. The standard InChI is InChI=1S/C16H23N3O3/c1-16(2,3)22-15(21)19-9-5-7-13(11-19)18-14(20)12-6-4-8-17-10-12/h4,6,8,10,13H,5,7,9,11H2,1-3H3,(H,18,20)/t13-/m1/s1. The van der Waals surface area contributed by atoms with E-state index in [1.165, 1.54) is 6.20 Å². The van der Waals surface area contributed by atoms with Crippen LogP contribution in [0.5, 0.6) is 0 Å². The Morgan fingerprint density at radius 2 is 2.18 bits per heavy atom. The zero-order chi connectivity index (χ0) is 16.2. The lowest BCUT2D eigenvalue weighted by atomic mass is 10.1. The first-order valence-corrected chi connectivity index (χ1v) is 7.54. The van der Waals surface area contributed by atoms with Gasteiger partial charge in [-0.2, -0.15) is 0 Å². The predicted octanol–water partition coefficient (Wildman–Crippen LogP) is 2.21. The normalized spacial score (nSPS) is 18.7. The van der Waals surface area contributed by atoms with Crippen molar-refractivity contribution in [2.24, 2.45) is 0 Å². The molecule has 2 amide bonds. The summed E-state index contributed by atoms with van der Waals surface area (Å²) in [5, 5.41) is 2.95. The van der Waals surface area contributed by atoms with Crippen LogP contribution in [0.4, 0.5) is 4.79 Å². The second-order valence-corrected chi connectivity index (χ2v) is 6.48. The molecule has 0 spiro atoms. The van der Waals surface area contributed by atoms with Crippen molar-refractivity contribution in [1.82, 2.24) is 15.2 Å². The van der Waals surface area contributed by atoms with Gasteiger partial charge in [0.15, 0.2) is 0 Å². The lowest BCUT2D eigenvalue weighted by Crippen LogP contribution is -2.50. The minimum atomic E-state index is -0.511. The first-order chi connectivity index (χ1) is 10.3. The molecule has 0 unspecified atom stereocenters. The van der Waals surface area contributed by atoms with Gasteiger partial charge in [-0.15, -0.1) is 0 Å². The molecule has 0 aliphatic carbocycles. The van der Waals surface area contributed by atoms with Crippen LogP contribution in [0.3, 0.4) is 0 Å². The number of pyridine rings is 1. The number of hydrogen-bond donors (Lipinski definition) is 1. The minimum Gasteiger partial charge on any atom is -0.444 e. The zero-order valence-corrected chi connectivity index (χ0v) is 13.3. The minimum absolute atomic E-state index is 0.0611. The summed E-state index contributed by atoms with van der Waals surface area (Å²) >= 11 is 0. The van der Waals surface area contributed by atoms with E-state index >= 15 is 0 Å². The van der Waals surface area contributed by atoms with Crippen molar-refractivity contribution in [2.45, 2.75) is 45.3 Å². The van der Waals surface area contributed by atoms with E-state index in [1.54, 1.807) is 23.2 Å². The average Bonchev–Trinajstić information content (AvgIpc) is 2.46. The van der Waals surface area contributed by atoms with Crippen molar-refractivity contribution in [1.29, 1.82) is 0 Å². The molecule has 6 heteroatoms. The van der Waals surface area contributed by atoms with E-state index in [2.05, 4.69) is 10.3 Å². The lowest BCUT2D eigenvalue weighted by molar-refractivity contribution is 0.0185. The fraction of sp³-hybridized carbons (Fsp3) is 0.562. The maximum absolute atomic E-state index is 12.1. The summed E-state index contributed by atoms with van der Waals surface area (Å²) in [6, 6.07) is 3.38. The third kappa shape index (κ3) is 4.72. The van der Waals surface area contributed by atoms with Crippen LogP contribution in [-0.4, -0.2) is 46.6 Å². The van der Waals surface area contributed by atoms with Gasteiger partial charge in [0.25, 0.3) is 5.91 Å². The molecule has 22 heavy (non-hydrogen) atoms. The second kappa shape index (κ2) is 6.77. The number of aromatic nitrogens is 1. The Morgan fingerprint density at radius 1 is 1.41 bits per heavy atom. The van der Waals surface area contributed by atoms with Crippen molar-refractivity contribution in [3.63, 3.8) is 0 Å². The maximum atomic E-state index is 12.1. The first kappa shape index (κ1) is 16.3. The highest BCUT2D eigenvalue weighted by molar-refractivity contribution is 5.94. The molecule has 0 saturated carbocycles. The Bertz CT molecular complexity index is 525. The molecule has 1 aromatic rings. The Morgan fingerprint density at radius 3 is 2.82 bits per heavy atom. The maximum Gasteiger partial charge on any atom is 0.410 e. The highest BCUT2D eigenvalue weighted by Gasteiger charge is 2.28. The summed E-state index contributed by atoms with van der Waals surface area (Å²) in [6.07, 6.45) is 4.53. The number of piperidine rings is 1. The molecule has 1 fully saturated rings. The predicted molar refractivity (Wildman–Crippen MR) is 82.5 cm³/mol. The van der Waals surface area contributed by atoms with Gasteiger partial charge in [-0.25, -0.2) is 4.79 Å².